The van der Waals surface area contributed by atoms with Gasteiger partial charge in [0.2, 0.25) is 0 Å². The molecule has 0 aliphatic rings. The van der Waals surface area contributed by atoms with Crippen molar-refractivity contribution in [3.63, 3.8) is 0 Å². The summed E-state index contributed by atoms with van der Waals surface area (Å²) < 4.78 is 0. The van der Waals surface area contributed by atoms with Crippen molar-refractivity contribution in [1.82, 2.24) is 0 Å². The fourth-order valence-electron chi connectivity index (χ4n) is 0.969. The largest absolute Gasteiger partial charge is 0.508 e. The van der Waals surface area contributed by atoms with E-state index in [0.717, 1.165) is 11.6 Å². The monoisotopic (exact) mass is 178 g/mol. The second-order valence-corrected chi connectivity index (χ2v) is 2.71. The molecular formula is C10H10O3. The van der Waals surface area contributed by atoms with Crippen molar-refractivity contribution < 1.29 is 15.0 Å². The van der Waals surface area contributed by atoms with Crippen LogP contribution in [0.1, 0.15) is 11.1 Å². The Balaban J connectivity index is 3.00. The molecule has 13 heavy (non-hydrogen) atoms. The standard InChI is InChI=1S/C10H10O3/c1-7-2-4-9(11)6-8(7)3-5-10(12)13/h2-6,11H,1H3,(H,12,13)/b5-3+. The number of phenolic OH excluding ortho intramolecular Hbond substituents is 1. The number of hydrogen-bond acceptors (Lipinski definition) is 2. The Hall–Kier alpha value is -1.77. The number of phenols is 1. The van der Waals surface area contributed by atoms with Gasteiger partial charge in [-0.1, -0.05) is 6.07 Å². The smallest absolute Gasteiger partial charge is 0.328 e. The maximum atomic E-state index is 10.2. The van der Waals surface area contributed by atoms with Crippen LogP contribution in [0.2, 0.25) is 0 Å². The molecule has 3 nitrogen and oxygen atoms in total. The van der Waals surface area contributed by atoms with E-state index in [-0.39, 0.29) is 5.75 Å². The van der Waals surface area contributed by atoms with Crippen LogP contribution in [-0.4, -0.2) is 16.2 Å². The molecule has 0 unspecified atom stereocenters. The maximum Gasteiger partial charge on any atom is 0.328 e. The van der Waals surface area contributed by atoms with Crippen LogP contribution in [0.25, 0.3) is 6.08 Å². The molecule has 1 aromatic carbocycles. The molecule has 0 spiro atoms. The predicted octanol–water partition coefficient (Wildman–Crippen LogP) is 1.80. The topological polar surface area (TPSA) is 57.5 Å². The van der Waals surface area contributed by atoms with Crippen molar-refractivity contribution in [2.75, 3.05) is 0 Å². The Labute approximate surface area is 76.0 Å². The van der Waals surface area contributed by atoms with Gasteiger partial charge in [0, 0.05) is 6.08 Å². The van der Waals surface area contributed by atoms with E-state index < -0.39 is 5.97 Å². The highest BCUT2D eigenvalue weighted by Gasteiger charge is 1.96. The van der Waals surface area contributed by atoms with Crippen LogP contribution in [0.15, 0.2) is 24.3 Å². The van der Waals surface area contributed by atoms with Gasteiger partial charge in [-0.15, -0.1) is 0 Å². The average molecular weight is 178 g/mol. The highest BCUT2D eigenvalue weighted by molar-refractivity contribution is 5.85. The Morgan fingerprint density at radius 2 is 2.15 bits per heavy atom. The van der Waals surface area contributed by atoms with Gasteiger partial charge in [0.15, 0.2) is 0 Å². The SMILES string of the molecule is Cc1ccc(O)cc1/C=C/C(=O)O. The molecule has 1 rings (SSSR count). The zero-order chi connectivity index (χ0) is 9.84. The zero-order valence-corrected chi connectivity index (χ0v) is 7.19. The Kier molecular flexibility index (Phi) is 2.69. The summed E-state index contributed by atoms with van der Waals surface area (Å²) in [7, 11) is 0. The predicted molar refractivity (Wildman–Crippen MR) is 49.5 cm³/mol. The second kappa shape index (κ2) is 3.76. The Morgan fingerprint density at radius 1 is 1.46 bits per heavy atom. The first kappa shape index (κ1) is 9.32. The molecule has 1 aromatic rings. The number of benzene rings is 1. The van der Waals surface area contributed by atoms with Gasteiger partial charge in [-0.3, -0.25) is 0 Å². The van der Waals surface area contributed by atoms with Crippen LogP contribution < -0.4 is 0 Å². The van der Waals surface area contributed by atoms with E-state index in [0.29, 0.717) is 5.56 Å². The van der Waals surface area contributed by atoms with Crippen LogP contribution in [0, 0.1) is 6.92 Å². The molecule has 0 radical (unpaired) electrons. The van der Waals surface area contributed by atoms with Gasteiger partial charge < -0.3 is 10.2 Å². The van der Waals surface area contributed by atoms with Crippen molar-refractivity contribution in [3.8, 4) is 5.75 Å². The summed E-state index contributed by atoms with van der Waals surface area (Å²) in [6.45, 7) is 1.85. The number of carboxylic acid groups (broad SMARTS) is 1. The lowest BCUT2D eigenvalue weighted by Crippen LogP contribution is -1.86. The molecule has 0 atom stereocenters. The van der Waals surface area contributed by atoms with E-state index in [2.05, 4.69) is 0 Å². The summed E-state index contributed by atoms with van der Waals surface area (Å²) in [6, 6.07) is 4.82. The molecule has 0 aromatic heterocycles. The van der Waals surface area contributed by atoms with Crippen molar-refractivity contribution in [1.29, 1.82) is 0 Å². The number of carbonyl (C=O) groups is 1. The van der Waals surface area contributed by atoms with Crippen molar-refractivity contribution in [2.45, 2.75) is 6.92 Å². The summed E-state index contributed by atoms with van der Waals surface area (Å²) in [5.74, 6) is -0.863. The lowest BCUT2D eigenvalue weighted by molar-refractivity contribution is -0.131. The van der Waals surface area contributed by atoms with E-state index in [9.17, 15) is 4.79 Å². The molecular weight excluding hydrogens is 168 g/mol. The molecule has 68 valence electrons. The molecule has 0 fully saturated rings. The number of aliphatic carboxylic acids is 1. The second-order valence-electron chi connectivity index (χ2n) is 2.71. The van der Waals surface area contributed by atoms with Gasteiger partial charge >= 0.3 is 5.97 Å². The first-order chi connectivity index (χ1) is 6.09. The molecule has 0 saturated carbocycles. The lowest BCUT2D eigenvalue weighted by atomic mass is 10.1. The first-order valence-electron chi connectivity index (χ1n) is 3.80. The fourth-order valence-corrected chi connectivity index (χ4v) is 0.969. The highest BCUT2D eigenvalue weighted by Crippen LogP contribution is 2.16. The number of aryl methyl sites for hydroxylation is 1. The van der Waals surface area contributed by atoms with E-state index in [1.165, 1.54) is 12.1 Å². The molecule has 0 heterocycles. The summed E-state index contributed by atoms with van der Waals surface area (Å²) in [5.41, 5.74) is 1.64. The van der Waals surface area contributed by atoms with Gasteiger partial charge in [-0.25, -0.2) is 4.79 Å². The average Bonchev–Trinajstić information content (AvgIpc) is 2.06. The first-order valence-corrected chi connectivity index (χ1v) is 3.80. The molecule has 0 aliphatic carbocycles. The Bertz CT molecular complexity index is 353. The minimum atomic E-state index is -0.997. The third-order valence-corrected chi connectivity index (χ3v) is 1.67. The summed E-state index contributed by atoms with van der Waals surface area (Å²) >= 11 is 0. The van der Waals surface area contributed by atoms with Crippen molar-refractivity contribution in [2.24, 2.45) is 0 Å². The van der Waals surface area contributed by atoms with E-state index >= 15 is 0 Å². The lowest BCUT2D eigenvalue weighted by Gasteiger charge is -1.99. The van der Waals surface area contributed by atoms with Crippen molar-refractivity contribution in [3.05, 3.63) is 35.4 Å². The highest BCUT2D eigenvalue weighted by atomic mass is 16.4. The van der Waals surface area contributed by atoms with Gasteiger partial charge in [-0.05, 0) is 36.3 Å². The van der Waals surface area contributed by atoms with Gasteiger partial charge in [0.25, 0.3) is 0 Å². The normalized spacial score (nSPS) is 10.5. The fraction of sp³-hybridized carbons (Fsp3) is 0.100. The third-order valence-electron chi connectivity index (χ3n) is 1.67. The van der Waals surface area contributed by atoms with Crippen LogP contribution in [0.3, 0.4) is 0 Å². The minimum absolute atomic E-state index is 0.135. The van der Waals surface area contributed by atoms with Gasteiger partial charge in [-0.2, -0.15) is 0 Å². The van der Waals surface area contributed by atoms with E-state index in [1.807, 2.05) is 6.92 Å². The maximum absolute atomic E-state index is 10.2. The van der Waals surface area contributed by atoms with Crippen LogP contribution in [0.4, 0.5) is 0 Å². The molecule has 0 saturated heterocycles. The van der Waals surface area contributed by atoms with Crippen LogP contribution in [0.5, 0.6) is 5.75 Å². The van der Waals surface area contributed by atoms with Gasteiger partial charge in [0.1, 0.15) is 5.75 Å². The summed E-state index contributed by atoms with van der Waals surface area (Å²) in [6.07, 6.45) is 2.50. The summed E-state index contributed by atoms with van der Waals surface area (Å²) in [5, 5.41) is 17.5. The molecule has 0 aliphatic heterocycles. The quantitative estimate of drug-likeness (QED) is 0.679. The number of rotatable bonds is 2. The zero-order valence-electron chi connectivity index (χ0n) is 7.19. The Morgan fingerprint density at radius 3 is 2.77 bits per heavy atom. The molecule has 2 N–H and O–H groups in total. The minimum Gasteiger partial charge on any atom is -0.508 e. The van der Waals surface area contributed by atoms with Crippen molar-refractivity contribution >= 4 is 12.0 Å². The van der Waals surface area contributed by atoms with Crippen LogP contribution >= 0.6 is 0 Å². The molecule has 3 heteroatoms. The molecule has 0 bridgehead atoms. The number of hydrogen-bond donors (Lipinski definition) is 2. The summed E-state index contributed by atoms with van der Waals surface area (Å²) in [4.78, 5) is 10.2. The number of carboxylic acids is 1. The van der Waals surface area contributed by atoms with Crippen LogP contribution in [-0.2, 0) is 4.79 Å². The van der Waals surface area contributed by atoms with E-state index in [1.54, 1.807) is 12.1 Å². The number of aromatic hydroxyl groups is 1. The van der Waals surface area contributed by atoms with Gasteiger partial charge in [0.05, 0.1) is 0 Å². The molecule has 0 amide bonds. The third kappa shape index (κ3) is 2.63. The van der Waals surface area contributed by atoms with E-state index in [4.69, 9.17) is 10.2 Å².